The van der Waals surface area contributed by atoms with Crippen molar-refractivity contribution in [1.82, 2.24) is 0 Å². The van der Waals surface area contributed by atoms with E-state index >= 15 is 0 Å². The zero-order valence-electron chi connectivity index (χ0n) is 10.2. The molecule has 2 rings (SSSR count). The van der Waals surface area contributed by atoms with Gasteiger partial charge in [-0.2, -0.15) is 0 Å². The van der Waals surface area contributed by atoms with Gasteiger partial charge in [-0.3, -0.25) is 10.1 Å². The van der Waals surface area contributed by atoms with Crippen molar-refractivity contribution >= 4 is 50.7 Å². The van der Waals surface area contributed by atoms with Crippen LogP contribution in [0.15, 0.2) is 45.8 Å². The molecule has 0 saturated carbocycles. The fraction of sp³-hybridized carbons (Fsp3) is 0.0769. The van der Waals surface area contributed by atoms with Crippen molar-refractivity contribution in [2.24, 2.45) is 0 Å². The molecule has 20 heavy (non-hydrogen) atoms. The Morgan fingerprint density at radius 2 is 2.10 bits per heavy atom. The van der Waals surface area contributed by atoms with Crippen LogP contribution >= 0.6 is 39.3 Å². The second-order valence-electron chi connectivity index (χ2n) is 3.97. The van der Waals surface area contributed by atoms with E-state index in [0.29, 0.717) is 22.0 Å². The van der Waals surface area contributed by atoms with E-state index in [1.54, 1.807) is 18.2 Å². The van der Waals surface area contributed by atoms with E-state index in [-0.39, 0.29) is 5.69 Å². The first-order valence-corrected chi connectivity index (χ1v) is 7.74. The highest BCUT2D eigenvalue weighted by Gasteiger charge is 2.17. The van der Waals surface area contributed by atoms with Gasteiger partial charge >= 0.3 is 0 Å². The minimum absolute atomic E-state index is 0.0265. The molecule has 104 valence electrons. The predicted molar refractivity (Wildman–Crippen MR) is 86.2 cm³/mol. The quantitative estimate of drug-likeness (QED) is 0.359. The molecular formula is C13H10BrClN2O2S. The number of nitrogen functional groups attached to an aromatic ring is 1. The van der Waals surface area contributed by atoms with E-state index in [1.165, 1.54) is 17.8 Å². The third kappa shape index (κ3) is 3.45. The molecule has 0 spiro atoms. The van der Waals surface area contributed by atoms with E-state index < -0.39 is 4.92 Å². The first-order chi connectivity index (χ1) is 9.49. The summed E-state index contributed by atoms with van der Waals surface area (Å²) in [5.41, 5.74) is 7.04. The lowest BCUT2D eigenvalue weighted by molar-refractivity contribution is -0.385. The highest BCUT2D eigenvalue weighted by atomic mass is 79.9. The average molecular weight is 374 g/mol. The van der Waals surface area contributed by atoms with Gasteiger partial charge in [0.1, 0.15) is 0 Å². The summed E-state index contributed by atoms with van der Waals surface area (Å²) in [4.78, 5) is 11.4. The number of nitrogens with two attached hydrogens (primary N) is 1. The highest BCUT2D eigenvalue weighted by Crippen LogP contribution is 2.35. The fourth-order valence-corrected chi connectivity index (χ4v) is 3.52. The highest BCUT2D eigenvalue weighted by molar-refractivity contribution is 9.10. The maximum Gasteiger partial charge on any atom is 0.274 e. The Morgan fingerprint density at radius 3 is 2.80 bits per heavy atom. The van der Waals surface area contributed by atoms with Crippen molar-refractivity contribution < 1.29 is 4.92 Å². The molecule has 2 aromatic rings. The Hall–Kier alpha value is -1.24. The number of hydrogen-bond acceptors (Lipinski definition) is 4. The number of rotatable bonds is 4. The molecule has 0 atom stereocenters. The van der Waals surface area contributed by atoms with Crippen LogP contribution in [0.25, 0.3) is 0 Å². The fourth-order valence-electron chi connectivity index (χ4n) is 1.64. The van der Waals surface area contributed by atoms with E-state index in [0.717, 1.165) is 9.37 Å². The third-order valence-electron chi connectivity index (χ3n) is 2.64. The largest absolute Gasteiger partial charge is 0.398 e. The minimum atomic E-state index is -0.425. The Balaban J connectivity index is 2.27. The summed E-state index contributed by atoms with van der Waals surface area (Å²) in [5, 5.41) is 11.4. The molecule has 2 aromatic carbocycles. The number of nitro groups is 1. The molecule has 0 aromatic heterocycles. The molecule has 4 nitrogen and oxygen atoms in total. The zero-order valence-corrected chi connectivity index (χ0v) is 13.3. The Bertz CT molecular complexity index is 667. The molecule has 0 bridgehead atoms. The maximum atomic E-state index is 11.0. The molecule has 7 heteroatoms. The summed E-state index contributed by atoms with van der Waals surface area (Å²) in [6.45, 7) is 0. The van der Waals surface area contributed by atoms with Gasteiger partial charge in [-0.15, -0.1) is 11.8 Å². The summed E-state index contributed by atoms with van der Waals surface area (Å²) in [6.07, 6.45) is 0. The normalized spacial score (nSPS) is 10.5. The molecule has 0 amide bonds. The standard InChI is InChI=1S/C13H10BrClN2O2S/c14-8-4-5-11(16)13(6-8)20-7-9-10(15)2-1-3-12(9)17(18)19/h1-6H,7,16H2. The number of anilines is 1. The Labute approximate surface area is 133 Å². The van der Waals surface area contributed by atoms with Crippen molar-refractivity contribution in [2.75, 3.05) is 5.73 Å². The predicted octanol–water partition coefficient (Wildman–Crippen LogP) is 4.89. The monoisotopic (exact) mass is 372 g/mol. The summed E-state index contributed by atoms with van der Waals surface area (Å²) in [5.74, 6) is 0.386. The van der Waals surface area contributed by atoms with E-state index in [4.69, 9.17) is 17.3 Å². The van der Waals surface area contributed by atoms with Gasteiger partial charge in [0.25, 0.3) is 5.69 Å². The van der Waals surface area contributed by atoms with Crippen molar-refractivity contribution in [3.05, 3.63) is 61.6 Å². The third-order valence-corrected chi connectivity index (χ3v) is 4.58. The second-order valence-corrected chi connectivity index (χ2v) is 6.31. The molecule has 0 aliphatic carbocycles. The van der Waals surface area contributed by atoms with Gasteiger partial charge in [-0.25, -0.2) is 0 Å². The van der Waals surface area contributed by atoms with Crippen LogP contribution in [-0.2, 0) is 5.75 Å². The SMILES string of the molecule is Nc1ccc(Br)cc1SCc1c(Cl)cccc1[N+](=O)[O-]. The molecular weight excluding hydrogens is 364 g/mol. The van der Waals surface area contributed by atoms with Crippen LogP contribution in [-0.4, -0.2) is 4.92 Å². The van der Waals surface area contributed by atoms with E-state index in [9.17, 15) is 10.1 Å². The molecule has 0 unspecified atom stereocenters. The number of benzene rings is 2. The van der Waals surface area contributed by atoms with Gasteiger partial charge in [0.2, 0.25) is 0 Å². The maximum absolute atomic E-state index is 11.0. The lowest BCUT2D eigenvalue weighted by Crippen LogP contribution is -1.95. The lowest BCUT2D eigenvalue weighted by Gasteiger charge is -2.08. The molecule has 0 saturated heterocycles. The van der Waals surface area contributed by atoms with Crippen LogP contribution in [0, 0.1) is 10.1 Å². The van der Waals surface area contributed by atoms with Crippen molar-refractivity contribution in [3.63, 3.8) is 0 Å². The number of nitro benzene ring substituents is 1. The molecule has 0 aliphatic rings. The second kappa shape index (κ2) is 6.47. The van der Waals surface area contributed by atoms with Crippen molar-refractivity contribution in [3.8, 4) is 0 Å². The van der Waals surface area contributed by atoms with Gasteiger partial charge < -0.3 is 5.73 Å². The van der Waals surface area contributed by atoms with Gasteiger partial charge in [0.15, 0.2) is 0 Å². The van der Waals surface area contributed by atoms with Crippen LogP contribution in [0.4, 0.5) is 11.4 Å². The molecule has 0 heterocycles. The number of hydrogen-bond donors (Lipinski definition) is 1. The van der Waals surface area contributed by atoms with Gasteiger partial charge in [-0.05, 0) is 24.3 Å². The summed E-state index contributed by atoms with van der Waals surface area (Å²) < 4.78 is 0.905. The topological polar surface area (TPSA) is 69.2 Å². The summed E-state index contributed by atoms with van der Waals surface area (Å²) >= 11 is 10.8. The van der Waals surface area contributed by atoms with Gasteiger partial charge in [0, 0.05) is 26.9 Å². The lowest BCUT2D eigenvalue weighted by atomic mass is 10.2. The van der Waals surface area contributed by atoms with Crippen molar-refractivity contribution in [1.29, 1.82) is 0 Å². The summed E-state index contributed by atoms with van der Waals surface area (Å²) in [6, 6.07) is 10.2. The number of halogens is 2. The number of nitrogens with zero attached hydrogens (tertiary/aromatic N) is 1. The first-order valence-electron chi connectivity index (χ1n) is 5.58. The molecule has 0 aliphatic heterocycles. The Kier molecular flexibility index (Phi) is 4.91. The van der Waals surface area contributed by atoms with Gasteiger partial charge in [-0.1, -0.05) is 33.6 Å². The minimum Gasteiger partial charge on any atom is -0.398 e. The van der Waals surface area contributed by atoms with Crippen LogP contribution < -0.4 is 5.73 Å². The number of thioether (sulfide) groups is 1. The van der Waals surface area contributed by atoms with E-state index in [2.05, 4.69) is 15.9 Å². The van der Waals surface area contributed by atoms with Gasteiger partial charge in [0.05, 0.1) is 15.5 Å². The van der Waals surface area contributed by atoms with Crippen molar-refractivity contribution in [2.45, 2.75) is 10.6 Å². The van der Waals surface area contributed by atoms with Crippen LogP contribution in [0.3, 0.4) is 0 Å². The molecule has 0 fully saturated rings. The summed E-state index contributed by atoms with van der Waals surface area (Å²) in [7, 11) is 0. The smallest absolute Gasteiger partial charge is 0.274 e. The van der Waals surface area contributed by atoms with Crippen LogP contribution in [0.5, 0.6) is 0 Å². The zero-order chi connectivity index (χ0) is 14.7. The van der Waals surface area contributed by atoms with Crippen LogP contribution in [0.1, 0.15) is 5.56 Å². The molecule has 0 radical (unpaired) electrons. The Morgan fingerprint density at radius 1 is 1.35 bits per heavy atom. The van der Waals surface area contributed by atoms with Crippen LogP contribution in [0.2, 0.25) is 5.02 Å². The average Bonchev–Trinajstić information content (AvgIpc) is 2.40. The molecule has 2 N–H and O–H groups in total. The first kappa shape index (κ1) is 15.2. The van der Waals surface area contributed by atoms with E-state index in [1.807, 2.05) is 12.1 Å².